The summed E-state index contributed by atoms with van der Waals surface area (Å²) in [6.07, 6.45) is 1.50. The van der Waals surface area contributed by atoms with Crippen LogP contribution in [0.2, 0.25) is 0 Å². The van der Waals surface area contributed by atoms with Crippen molar-refractivity contribution in [2.75, 3.05) is 0 Å². The number of nitrogens with zero attached hydrogens (tertiary/aromatic N) is 4. The van der Waals surface area contributed by atoms with Crippen molar-refractivity contribution in [1.29, 1.82) is 5.26 Å². The number of aromatic nitrogens is 4. The maximum Gasteiger partial charge on any atom is 0.262 e. The summed E-state index contributed by atoms with van der Waals surface area (Å²) in [5.74, 6) is 1.49. The maximum atomic E-state index is 8.93. The number of hydrogen-bond donors (Lipinski definition) is 1. The van der Waals surface area contributed by atoms with Crippen molar-refractivity contribution in [2.45, 2.75) is 17.6 Å². The molecular weight excluding hydrogens is 286 g/mol. The molecule has 0 amide bonds. The quantitative estimate of drug-likeness (QED) is 0.744. The molecule has 2 heterocycles. The van der Waals surface area contributed by atoms with Gasteiger partial charge in [0.15, 0.2) is 5.82 Å². The van der Waals surface area contributed by atoms with E-state index in [1.54, 1.807) is 11.8 Å². The van der Waals surface area contributed by atoms with Crippen LogP contribution in [0.3, 0.4) is 0 Å². The summed E-state index contributed by atoms with van der Waals surface area (Å²) in [4.78, 5) is 5.43. The first-order chi connectivity index (χ1) is 10.3. The first-order valence-corrected chi connectivity index (χ1v) is 7.20. The average Bonchev–Trinajstić information content (AvgIpc) is 3.15. The molecule has 7 heteroatoms. The Hall–Kier alpha value is -2.59. The summed E-state index contributed by atoms with van der Waals surface area (Å²) in [5, 5.41) is 19.2. The molecule has 0 spiro atoms. The summed E-state index contributed by atoms with van der Waals surface area (Å²) in [7, 11) is 0. The van der Waals surface area contributed by atoms with Crippen molar-refractivity contribution in [3.63, 3.8) is 0 Å². The van der Waals surface area contributed by atoms with Crippen LogP contribution >= 0.6 is 11.8 Å². The number of rotatable bonds is 4. The van der Waals surface area contributed by atoms with E-state index in [0.29, 0.717) is 28.7 Å². The summed E-state index contributed by atoms with van der Waals surface area (Å²) >= 11 is 1.63. The van der Waals surface area contributed by atoms with Gasteiger partial charge < -0.3 is 4.52 Å². The topological polar surface area (TPSA) is 91.4 Å². The lowest BCUT2D eigenvalue weighted by atomic mass is 10.2. The van der Waals surface area contributed by atoms with E-state index < -0.39 is 0 Å². The molecule has 0 bridgehead atoms. The van der Waals surface area contributed by atoms with Crippen LogP contribution in [-0.2, 0) is 5.75 Å². The number of benzene rings is 1. The molecule has 2 aromatic heterocycles. The molecule has 104 valence electrons. The van der Waals surface area contributed by atoms with Gasteiger partial charge in [-0.05, 0) is 19.1 Å². The Bertz CT molecular complexity index is 784. The minimum atomic E-state index is 0.305. The van der Waals surface area contributed by atoms with Crippen molar-refractivity contribution in [3.05, 3.63) is 47.5 Å². The Balaban J connectivity index is 1.71. The first kappa shape index (κ1) is 13.4. The van der Waals surface area contributed by atoms with E-state index in [2.05, 4.69) is 51.5 Å². The van der Waals surface area contributed by atoms with E-state index in [4.69, 9.17) is 9.78 Å². The summed E-state index contributed by atoms with van der Waals surface area (Å²) in [5.41, 5.74) is 2.07. The van der Waals surface area contributed by atoms with Crippen LogP contribution in [0, 0.1) is 18.3 Å². The largest absolute Gasteiger partial charge is 0.334 e. The Labute approximate surface area is 125 Å². The van der Waals surface area contributed by atoms with Crippen LogP contribution in [0.15, 0.2) is 39.9 Å². The highest BCUT2D eigenvalue weighted by atomic mass is 32.2. The molecule has 0 atom stereocenters. The van der Waals surface area contributed by atoms with Crippen LogP contribution in [0.1, 0.15) is 17.1 Å². The predicted molar refractivity (Wildman–Crippen MR) is 77.3 cm³/mol. The van der Waals surface area contributed by atoms with E-state index in [9.17, 15) is 0 Å². The zero-order chi connectivity index (χ0) is 14.7. The Morgan fingerprint density at radius 2 is 2.14 bits per heavy atom. The summed E-state index contributed by atoms with van der Waals surface area (Å²) in [6, 6.07) is 10.2. The van der Waals surface area contributed by atoms with Gasteiger partial charge in [-0.2, -0.15) is 15.3 Å². The highest BCUT2D eigenvalue weighted by Gasteiger charge is 2.14. The number of hydrogen-bond acceptors (Lipinski definition) is 6. The predicted octanol–water partition coefficient (Wildman–Crippen LogP) is 2.93. The van der Waals surface area contributed by atoms with Crippen molar-refractivity contribution in [1.82, 2.24) is 20.3 Å². The van der Waals surface area contributed by atoms with Crippen molar-refractivity contribution >= 4 is 11.8 Å². The van der Waals surface area contributed by atoms with Crippen LogP contribution in [0.25, 0.3) is 11.5 Å². The van der Waals surface area contributed by atoms with Gasteiger partial charge in [0.1, 0.15) is 11.8 Å². The Kier molecular flexibility index (Phi) is 3.71. The van der Waals surface area contributed by atoms with E-state index >= 15 is 0 Å². The van der Waals surface area contributed by atoms with Gasteiger partial charge in [0.05, 0.1) is 17.5 Å². The van der Waals surface area contributed by atoms with Crippen LogP contribution < -0.4 is 0 Å². The van der Waals surface area contributed by atoms with E-state index in [-0.39, 0.29) is 0 Å². The Morgan fingerprint density at radius 1 is 1.33 bits per heavy atom. The van der Waals surface area contributed by atoms with Gasteiger partial charge >= 0.3 is 0 Å². The fourth-order valence-electron chi connectivity index (χ4n) is 1.74. The third kappa shape index (κ3) is 2.95. The molecular formula is C14H11N5OS. The fraction of sp³-hybridized carbons (Fsp3) is 0.143. The number of aromatic amines is 1. The molecule has 0 aliphatic heterocycles. The van der Waals surface area contributed by atoms with E-state index in [1.807, 2.05) is 6.07 Å². The molecule has 6 nitrogen and oxygen atoms in total. The van der Waals surface area contributed by atoms with Gasteiger partial charge in [-0.25, -0.2) is 0 Å². The lowest BCUT2D eigenvalue weighted by Crippen LogP contribution is -1.85. The van der Waals surface area contributed by atoms with E-state index in [0.717, 1.165) is 4.90 Å². The van der Waals surface area contributed by atoms with Crippen LogP contribution in [-0.4, -0.2) is 20.3 Å². The molecule has 3 aromatic rings. The number of H-pyrrole nitrogens is 1. The minimum Gasteiger partial charge on any atom is -0.334 e. The van der Waals surface area contributed by atoms with Crippen LogP contribution in [0.5, 0.6) is 0 Å². The standard InChI is InChI=1S/C14H11N5OS/c1-9-2-4-10(5-3-9)21-8-13-17-14(20-19-13)11-7-16-18-12(11)6-15/h2-5,7H,8H2,1H3,(H,16,18). The molecule has 0 saturated heterocycles. The monoisotopic (exact) mass is 297 g/mol. The maximum absolute atomic E-state index is 8.93. The first-order valence-electron chi connectivity index (χ1n) is 6.22. The third-order valence-corrected chi connectivity index (χ3v) is 3.85. The van der Waals surface area contributed by atoms with Gasteiger partial charge in [0, 0.05) is 4.90 Å². The zero-order valence-electron chi connectivity index (χ0n) is 11.2. The fourth-order valence-corrected chi connectivity index (χ4v) is 2.48. The highest BCUT2D eigenvalue weighted by molar-refractivity contribution is 7.98. The smallest absolute Gasteiger partial charge is 0.262 e. The van der Waals surface area contributed by atoms with Gasteiger partial charge in [-0.3, -0.25) is 5.10 Å². The molecule has 0 fully saturated rings. The molecule has 0 unspecified atom stereocenters. The molecule has 0 radical (unpaired) electrons. The second-order valence-electron chi connectivity index (χ2n) is 4.39. The van der Waals surface area contributed by atoms with Gasteiger partial charge in [0.2, 0.25) is 0 Å². The molecule has 0 aliphatic carbocycles. The molecule has 0 aliphatic rings. The average molecular weight is 297 g/mol. The van der Waals surface area contributed by atoms with Crippen molar-refractivity contribution in [2.24, 2.45) is 0 Å². The molecule has 3 rings (SSSR count). The minimum absolute atomic E-state index is 0.305. The number of nitrogens with one attached hydrogen (secondary N) is 1. The molecule has 1 aromatic carbocycles. The van der Waals surface area contributed by atoms with E-state index in [1.165, 1.54) is 11.8 Å². The Morgan fingerprint density at radius 3 is 2.90 bits per heavy atom. The summed E-state index contributed by atoms with van der Waals surface area (Å²) < 4.78 is 5.17. The number of aryl methyl sites for hydroxylation is 1. The lowest BCUT2D eigenvalue weighted by molar-refractivity contribution is 0.425. The number of thioether (sulfide) groups is 1. The zero-order valence-corrected chi connectivity index (χ0v) is 12.0. The summed E-state index contributed by atoms with van der Waals surface area (Å²) in [6.45, 7) is 2.05. The van der Waals surface area contributed by atoms with Crippen molar-refractivity contribution < 1.29 is 4.52 Å². The highest BCUT2D eigenvalue weighted by Crippen LogP contribution is 2.24. The van der Waals surface area contributed by atoms with Gasteiger partial charge in [0.25, 0.3) is 5.89 Å². The lowest BCUT2D eigenvalue weighted by Gasteiger charge is -1.98. The molecule has 0 saturated carbocycles. The third-order valence-electron chi connectivity index (χ3n) is 2.84. The number of nitriles is 1. The second kappa shape index (κ2) is 5.81. The van der Waals surface area contributed by atoms with Gasteiger partial charge in [-0.15, -0.1) is 11.8 Å². The normalized spacial score (nSPS) is 10.5. The SMILES string of the molecule is Cc1ccc(SCc2noc(-c3cn[nH]c3C#N)n2)cc1. The van der Waals surface area contributed by atoms with Crippen LogP contribution in [0.4, 0.5) is 0 Å². The molecule has 1 N–H and O–H groups in total. The van der Waals surface area contributed by atoms with Crippen molar-refractivity contribution in [3.8, 4) is 17.5 Å². The molecule has 21 heavy (non-hydrogen) atoms. The van der Waals surface area contributed by atoms with Gasteiger partial charge in [-0.1, -0.05) is 22.9 Å². The second-order valence-corrected chi connectivity index (χ2v) is 5.44.